The van der Waals surface area contributed by atoms with Crippen molar-refractivity contribution in [3.05, 3.63) is 0 Å². The van der Waals surface area contributed by atoms with Crippen LogP contribution in [0.25, 0.3) is 0 Å². The monoisotopic (exact) mass is 241 g/mol. The minimum atomic E-state index is -0.487. The third-order valence-corrected chi connectivity index (χ3v) is 3.03. The highest BCUT2D eigenvalue weighted by Gasteiger charge is 2.47. The van der Waals surface area contributed by atoms with Crippen LogP contribution in [-0.2, 0) is 14.3 Å². The molecule has 2 aliphatic rings. The van der Waals surface area contributed by atoms with Crippen molar-refractivity contribution in [3.63, 3.8) is 0 Å². The van der Waals surface area contributed by atoms with E-state index in [1.54, 1.807) is 4.90 Å². The fraction of sp³-hybridized carbons (Fsp3) is 0.833. The van der Waals surface area contributed by atoms with Crippen molar-refractivity contribution in [3.8, 4) is 0 Å². The second-order valence-corrected chi connectivity index (χ2v) is 5.84. The van der Waals surface area contributed by atoms with E-state index in [0.29, 0.717) is 19.5 Å². The molecule has 0 N–H and O–H groups in total. The largest absolute Gasteiger partial charge is 0.444 e. The number of hydrogen-bond donors (Lipinski definition) is 0. The maximum atomic E-state index is 11.8. The van der Waals surface area contributed by atoms with Gasteiger partial charge in [-0.2, -0.15) is 0 Å². The summed E-state index contributed by atoms with van der Waals surface area (Å²) in [6.07, 6.45) is 0.821. The number of ketones is 1. The Hall–Kier alpha value is -1.10. The molecule has 96 valence electrons. The molecular weight excluding hydrogens is 222 g/mol. The van der Waals surface area contributed by atoms with Gasteiger partial charge in [-0.15, -0.1) is 0 Å². The van der Waals surface area contributed by atoms with Crippen LogP contribution in [0.15, 0.2) is 0 Å². The normalized spacial score (nSPS) is 29.1. The number of ether oxygens (including phenoxy) is 2. The highest BCUT2D eigenvalue weighted by atomic mass is 16.6. The second kappa shape index (κ2) is 3.98. The van der Waals surface area contributed by atoms with E-state index in [2.05, 4.69) is 0 Å². The number of hydrogen-bond acceptors (Lipinski definition) is 4. The van der Waals surface area contributed by atoms with Gasteiger partial charge in [0, 0.05) is 13.0 Å². The van der Waals surface area contributed by atoms with Gasteiger partial charge in [0.15, 0.2) is 5.78 Å². The van der Waals surface area contributed by atoms with Gasteiger partial charge < -0.3 is 14.4 Å². The third-order valence-electron chi connectivity index (χ3n) is 3.03. The van der Waals surface area contributed by atoms with Crippen LogP contribution in [0.4, 0.5) is 4.79 Å². The number of amides is 1. The molecule has 2 rings (SSSR count). The lowest BCUT2D eigenvalue weighted by Gasteiger charge is -2.26. The molecule has 2 heterocycles. The van der Waals surface area contributed by atoms with Gasteiger partial charge in [-0.05, 0) is 27.2 Å². The topological polar surface area (TPSA) is 55.8 Å². The summed E-state index contributed by atoms with van der Waals surface area (Å²) in [5.74, 6) is 0.121. The number of nitrogens with zero attached hydrogens (tertiary/aromatic N) is 1. The minimum absolute atomic E-state index is 0.121. The van der Waals surface area contributed by atoms with E-state index in [1.165, 1.54) is 0 Å². The lowest BCUT2D eigenvalue weighted by Crippen LogP contribution is -2.39. The zero-order valence-electron chi connectivity index (χ0n) is 10.6. The quantitative estimate of drug-likeness (QED) is 0.642. The van der Waals surface area contributed by atoms with E-state index in [1.807, 2.05) is 20.8 Å². The van der Waals surface area contributed by atoms with Gasteiger partial charge in [-0.1, -0.05) is 0 Å². The Morgan fingerprint density at radius 3 is 2.71 bits per heavy atom. The zero-order chi connectivity index (χ0) is 12.7. The Balaban J connectivity index is 1.94. The number of carbonyl (C=O) groups excluding carboxylic acids is 2. The fourth-order valence-electron chi connectivity index (χ4n) is 2.28. The molecule has 0 aromatic rings. The Bertz CT molecular complexity index is 347. The van der Waals surface area contributed by atoms with E-state index < -0.39 is 11.2 Å². The van der Waals surface area contributed by atoms with Gasteiger partial charge in [0.2, 0.25) is 0 Å². The first-order chi connectivity index (χ1) is 7.80. The van der Waals surface area contributed by atoms with Gasteiger partial charge in [-0.25, -0.2) is 4.79 Å². The maximum absolute atomic E-state index is 11.8. The summed E-state index contributed by atoms with van der Waals surface area (Å²) in [4.78, 5) is 24.7. The summed E-state index contributed by atoms with van der Waals surface area (Å²) in [5, 5.41) is 0. The Morgan fingerprint density at radius 1 is 1.47 bits per heavy atom. The predicted octanol–water partition coefficient (Wildman–Crippen LogP) is 1.36. The highest BCUT2D eigenvalue weighted by molar-refractivity contribution is 5.83. The van der Waals surface area contributed by atoms with Crippen molar-refractivity contribution >= 4 is 11.9 Å². The van der Waals surface area contributed by atoms with Gasteiger partial charge in [0.1, 0.15) is 12.2 Å². The molecule has 1 amide bonds. The molecule has 0 bridgehead atoms. The maximum Gasteiger partial charge on any atom is 0.410 e. The van der Waals surface area contributed by atoms with Crippen LogP contribution < -0.4 is 0 Å². The SMILES string of the molecule is CC(C)(C)OC(=O)N1CC[C@@]2(CC(=O)CO2)C1. The Morgan fingerprint density at radius 2 is 2.18 bits per heavy atom. The van der Waals surface area contributed by atoms with Crippen LogP contribution >= 0.6 is 0 Å². The van der Waals surface area contributed by atoms with Crippen molar-refractivity contribution < 1.29 is 19.1 Å². The molecule has 0 unspecified atom stereocenters. The van der Waals surface area contributed by atoms with Gasteiger partial charge in [0.05, 0.1) is 12.1 Å². The average Bonchev–Trinajstić information content (AvgIpc) is 2.72. The molecular formula is C12H19NO4. The fourth-order valence-corrected chi connectivity index (χ4v) is 2.28. The van der Waals surface area contributed by atoms with E-state index in [-0.39, 0.29) is 18.5 Å². The number of rotatable bonds is 0. The van der Waals surface area contributed by atoms with Crippen molar-refractivity contribution in [1.29, 1.82) is 0 Å². The van der Waals surface area contributed by atoms with Gasteiger partial charge in [0.25, 0.3) is 0 Å². The van der Waals surface area contributed by atoms with Gasteiger partial charge in [-0.3, -0.25) is 4.79 Å². The Labute approximate surface area is 101 Å². The summed E-state index contributed by atoms with van der Waals surface area (Å²) in [5.41, 5.74) is -0.923. The molecule has 1 atom stereocenters. The second-order valence-electron chi connectivity index (χ2n) is 5.84. The summed E-state index contributed by atoms with van der Waals surface area (Å²) in [7, 11) is 0. The molecule has 0 saturated carbocycles. The minimum Gasteiger partial charge on any atom is -0.444 e. The lowest BCUT2D eigenvalue weighted by molar-refractivity contribution is -0.117. The number of Topliss-reactive ketones (excluding diaryl/α,β-unsaturated/α-hetero) is 1. The van der Waals surface area contributed by atoms with Crippen LogP contribution in [0.3, 0.4) is 0 Å². The van der Waals surface area contributed by atoms with Crippen LogP contribution in [-0.4, -0.2) is 47.7 Å². The highest BCUT2D eigenvalue weighted by Crippen LogP contribution is 2.33. The molecule has 2 aliphatic heterocycles. The van der Waals surface area contributed by atoms with E-state index in [0.717, 1.165) is 6.42 Å². The van der Waals surface area contributed by atoms with Crippen molar-refractivity contribution in [2.75, 3.05) is 19.7 Å². The first kappa shape index (κ1) is 12.4. The van der Waals surface area contributed by atoms with E-state index in [9.17, 15) is 9.59 Å². The molecule has 0 aliphatic carbocycles. The van der Waals surface area contributed by atoms with Crippen LogP contribution in [0.5, 0.6) is 0 Å². The number of carbonyl (C=O) groups is 2. The molecule has 2 fully saturated rings. The van der Waals surface area contributed by atoms with E-state index in [4.69, 9.17) is 9.47 Å². The molecule has 2 saturated heterocycles. The van der Waals surface area contributed by atoms with E-state index >= 15 is 0 Å². The smallest absolute Gasteiger partial charge is 0.410 e. The molecule has 0 radical (unpaired) electrons. The van der Waals surface area contributed by atoms with Crippen molar-refractivity contribution in [1.82, 2.24) is 4.90 Å². The standard InChI is InChI=1S/C12H19NO4/c1-11(2,3)17-10(15)13-5-4-12(8-13)6-9(14)7-16-12/h4-8H2,1-3H3/t12-/m1/s1. The average molecular weight is 241 g/mol. The first-order valence-electron chi connectivity index (χ1n) is 5.93. The summed E-state index contributed by atoms with van der Waals surface area (Å²) >= 11 is 0. The van der Waals surface area contributed by atoms with Crippen molar-refractivity contribution in [2.24, 2.45) is 0 Å². The summed E-state index contributed by atoms with van der Waals surface area (Å²) < 4.78 is 10.8. The molecule has 17 heavy (non-hydrogen) atoms. The van der Waals surface area contributed by atoms with Crippen LogP contribution in [0.2, 0.25) is 0 Å². The number of likely N-dealkylation sites (tertiary alicyclic amines) is 1. The molecule has 5 nitrogen and oxygen atoms in total. The summed E-state index contributed by atoms with van der Waals surface area (Å²) in [6.45, 7) is 6.77. The predicted molar refractivity (Wildman–Crippen MR) is 60.7 cm³/mol. The molecule has 0 aromatic carbocycles. The molecule has 0 aromatic heterocycles. The third kappa shape index (κ3) is 2.77. The van der Waals surface area contributed by atoms with Crippen LogP contribution in [0, 0.1) is 0 Å². The van der Waals surface area contributed by atoms with Crippen molar-refractivity contribution in [2.45, 2.75) is 44.8 Å². The first-order valence-corrected chi connectivity index (χ1v) is 5.93. The molecule has 5 heteroatoms. The molecule has 1 spiro atoms. The van der Waals surface area contributed by atoms with Gasteiger partial charge >= 0.3 is 6.09 Å². The lowest BCUT2D eigenvalue weighted by atomic mass is 9.99. The van der Waals surface area contributed by atoms with Crippen LogP contribution in [0.1, 0.15) is 33.6 Å². The summed E-state index contributed by atoms with van der Waals surface area (Å²) in [6, 6.07) is 0. The zero-order valence-corrected chi connectivity index (χ0v) is 10.6. The Kier molecular flexibility index (Phi) is 2.89.